The van der Waals surface area contributed by atoms with Gasteiger partial charge in [0.15, 0.2) is 0 Å². The van der Waals surface area contributed by atoms with Crippen LogP contribution >= 0.6 is 11.6 Å². The van der Waals surface area contributed by atoms with E-state index in [0.29, 0.717) is 6.42 Å². The SMILES string of the molecule is O=C1CCCCc2cc(ccc2Cl)Nc2ncnc3[nH]cc(c23)CN2CCN1CC2. The van der Waals surface area contributed by atoms with Gasteiger partial charge in [0, 0.05) is 56.1 Å². The van der Waals surface area contributed by atoms with E-state index < -0.39 is 0 Å². The lowest BCUT2D eigenvalue weighted by Crippen LogP contribution is -2.48. The second kappa shape index (κ2) is 8.24. The highest BCUT2D eigenvalue weighted by Crippen LogP contribution is 2.30. The van der Waals surface area contributed by atoms with Crippen LogP contribution in [-0.2, 0) is 17.8 Å². The van der Waals surface area contributed by atoms with Crippen molar-refractivity contribution in [1.29, 1.82) is 0 Å². The predicted molar refractivity (Wildman–Crippen MR) is 118 cm³/mol. The number of amides is 1. The molecule has 3 aromatic rings. The molecule has 156 valence electrons. The Bertz CT molecular complexity index is 1070. The highest BCUT2D eigenvalue weighted by molar-refractivity contribution is 6.31. The standard InChI is InChI=1S/C22H25ClN6O/c23-18-6-5-17-11-15(18)3-1-2-4-19(30)29-9-7-28(8-10-29)13-16-12-24-21-20(16)22(27-17)26-14-25-21/h5-6,11-12,14H,1-4,7-10,13H2,(H2,24,25,26,27). The average Bonchev–Trinajstić information content (AvgIpc) is 3.17. The number of fused-ring (bicyclic) bond motifs is 6. The minimum Gasteiger partial charge on any atom is -0.346 e. The van der Waals surface area contributed by atoms with E-state index in [1.165, 1.54) is 0 Å². The number of hydrogen-bond donors (Lipinski definition) is 2. The molecule has 1 saturated heterocycles. The fraction of sp³-hybridized carbons (Fsp3) is 0.409. The number of benzene rings is 1. The summed E-state index contributed by atoms with van der Waals surface area (Å²) in [6, 6.07) is 5.98. The molecule has 3 aliphatic heterocycles. The average molecular weight is 425 g/mol. The van der Waals surface area contributed by atoms with Crippen molar-refractivity contribution in [2.75, 3.05) is 31.5 Å². The van der Waals surface area contributed by atoms with E-state index >= 15 is 0 Å². The van der Waals surface area contributed by atoms with Crippen molar-refractivity contribution in [3.05, 3.63) is 46.9 Å². The minimum atomic E-state index is 0.267. The molecule has 1 aromatic carbocycles. The fourth-order valence-corrected chi connectivity index (χ4v) is 4.59. The van der Waals surface area contributed by atoms with Gasteiger partial charge < -0.3 is 15.2 Å². The van der Waals surface area contributed by atoms with Crippen molar-refractivity contribution in [3.63, 3.8) is 0 Å². The third-order valence-electron chi connectivity index (χ3n) is 6.07. The Morgan fingerprint density at radius 3 is 2.70 bits per heavy atom. The number of rotatable bonds is 0. The molecule has 2 aromatic heterocycles. The van der Waals surface area contributed by atoms with Crippen LogP contribution in [-0.4, -0.2) is 56.8 Å². The van der Waals surface area contributed by atoms with Gasteiger partial charge in [-0.2, -0.15) is 0 Å². The van der Waals surface area contributed by atoms with Gasteiger partial charge in [0.2, 0.25) is 5.91 Å². The van der Waals surface area contributed by atoms with Gasteiger partial charge in [-0.15, -0.1) is 0 Å². The summed E-state index contributed by atoms with van der Waals surface area (Å²) in [6.45, 7) is 4.14. The Morgan fingerprint density at radius 1 is 1.00 bits per heavy atom. The maximum atomic E-state index is 12.6. The van der Waals surface area contributed by atoms with Crippen LogP contribution in [0.2, 0.25) is 5.02 Å². The van der Waals surface area contributed by atoms with Crippen LogP contribution in [0.5, 0.6) is 0 Å². The summed E-state index contributed by atoms with van der Waals surface area (Å²) in [7, 11) is 0. The van der Waals surface area contributed by atoms with Crippen molar-refractivity contribution in [1.82, 2.24) is 24.8 Å². The van der Waals surface area contributed by atoms with Gasteiger partial charge in [0.1, 0.15) is 17.8 Å². The number of hydrogen-bond acceptors (Lipinski definition) is 5. The van der Waals surface area contributed by atoms with Crippen molar-refractivity contribution in [3.8, 4) is 0 Å². The zero-order chi connectivity index (χ0) is 20.5. The van der Waals surface area contributed by atoms with Gasteiger partial charge in [-0.05, 0) is 48.6 Å². The summed E-state index contributed by atoms with van der Waals surface area (Å²) in [6.07, 6.45) is 6.87. The lowest BCUT2D eigenvalue weighted by molar-refractivity contribution is -0.133. The first kappa shape index (κ1) is 19.3. The van der Waals surface area contributed by atoms with E-state index in [0.717, 1.165) is 90.7 Å². The van der Waals surface area contributed by atoms with Crippen LogP contribution in [0.15, 0.2) is 30.7 Å². The van der Waals surface area contributed by atoms with Gasteiger partial charge in [0.25, 0.3) is 0 Å². The number of piperazine rings is 1. The van der Waals surface area contributed by atoms with E-state index in [-0.39, 0.29) is 5.91 Å². The highest BCUT2D eigenvalue weighted by Gasteiger charge is 2.22. The monoisotopic (exact) mass is 424 g/mol. The number of aromatic amines is 1. The first-order valence-electron chi connectivity index (χ1n) is 10.5. The topological polar surface area (TPSA) is 77.1 Å². The molecule has 6 rings (SSSR count). The summed E-state index contributed by atoms with van der Waals surface area (Å²) >= 11 is 6.44. The van der Waals surface area contributed by atoms with E-state index in [1.807, 2.05) is 23.2 Å². The summed E-state index contributed by atoms with van der Waals surface area (Å²) in [5.41, 5.74) is 4.02. The van der Waals surface area contributed by atoms with Gasteiger partial charge in [-0.1, -0.05) is 11.6 Å². The quantitative estimate of drug-likeness (QED) is 0.575. The second-order valence-electron chi connectivity index (χ2n) is 8.06. The van der Waals surface area contributed by atoms with Gasteiger partial charge in [-0.25, -0.2) is 9.97 Å². The Morgan fingerprint density at radius 2 is 1.83 bits per heavy atom. The molecule has 1 fully saturated rings. The Balaban J connectivity index is 1.52. The maximum Gasteiger partial charge on any atom is 0.222 e. The third kappa shape index (κ3) is 3.87. The zero-order valence-electron chi connectivity index (χ0n) is 16.8. The second-order valence-corrected chi connectivity index (χ2v) is 8.46. The van der Waals surface area contributed by atoms with Crippen LogP contribution in [0.1, 0.15) is 30.4 Å². The van der Waals surface area contributed by atoms with Crippen LogP contribution in [0.3, 0.4) is 0 Å². The first-order valence-corrected chi connectivity index (χ1v) is 10.9. The van der Waals surface area contributed by atoms with E-state index in [9.17, 15) is 4.79 Å². The lowest BCUT2D eigenvalue weighted by Gasteiger charge is -2.34. The molecule has 0 atom stereocenters. The molecule has 8 heteroatoms. The number of aryl methyl sites for hydroxylation is 1. The molecule has 30 heavy (non-hydrogen) atoms. The number of anilines is 2. The van der Waals surface area contributed by atoms with Gasteiger partial charge in [0.05, 0.1) is 5.39 Å². The Kier molecular flexibility index (Phi) is 5.31. The number of carbonyl (C=O) groups is 1. The number of aromatic nitrogens is 3. The first-order chi connectivity index (χ1) is 14.7. The summed E-state index contributed by atoms with van der Waals surface area (Å²) in [4.78, 5) is 29.2. The van der Waals surface area contributed by atoms with Crippen molar-refractivity contribution < 1.29 is 4.79 Å². The molecule has 0 saturated carbocycles. The van der Waals surface area contributed by atoms with Crippen LogP contribution in [0.25, 0.3) is 11.0 Å². The van der Waals surface area contributed by atoms with Crippen molar-refractivity contribution in [2.24, 2.45) is 0 Å². The Hall–Kier alpha value is -2.64. The molecular formula is C22H25ClN6O. The van der Waals surface area contributed by atoms with Crippen LogP contribution < -0.4 is 5.32 Å². The number of nitrogens with one attached hydrogen (secondary N) is 2. The molecule has 0 spiro atoms. The summed E-state index contributed by atoms with van der Waals surface area (Å²) in [5.74, 6) is 1.06. The third-order valence-corrected chi connectivity index (χ3v) is 6.43. The Labute approximate surface area is 180 Å². The van der Waals surface area contributed by atoms with Crippen molar-refractivity contribution in [2.45, 2.75) is 32.2 Å². The molecule has 0 aliphatic carbocycles. The molecule has 1 amide bonds. The number of H-pyrrole nitrogens is 1. The van der Waals surface area contributed by atoms with Crippen molar-refractivity contribution >= 4 is 40.0 Å². The summed E-state index contributed by atoms with van der Waals surface area (Å²) in [5, 5.41) is 5.24. The molecule has 5 heterocycles. The highest BCUT2D eigenvalue weighted by atomic mass is 35.5. The van der Waals surface area contributed by atoms with E-state index in [1.54, 1.807) is 6.33 Å². The molecule has 7 nitrogen and oxygen atoms in total. The minimum absolute atomic E-state index is 0.267. The molecule has 3 aliphatic rings. The molecule has 4 bridgehead atoms. The summed E-state index contributed by atoms with van der Waals surface area (Å²) < 4.78 is 0. The molecule has 2 N–H and O–H groups in total. The normalized spacial score (nSPS) is 18.4. The maximum absolute atomic E-state index is 12.6. The number of carbonyl (C=O) groups excluding carboxylic acids is 1. The lowest BCUT2D eigenvalue weighted by atomic mass is 10.1. The van der Waals surface area contributed by atoms with Gasteiger partial charge >= 0.3 is 0 Å². The number of halogens is 1. The van der Waals surface area contributed by atoms with E-state index in [2.05, 4.69) is 31.2 Å². The van der Waals surface area contributed by atoms with Crippen LogP contribution in [0, 0.1) is 0 Å². The molecule has 0 unspecified atom stereocenters. The van der Waals surface area contributed by atoms with Crippen LogP contribution in [0.4, 0.5) is 11.5 Å². The van der Waals surface area contributed by atoms with Gasteiger partial charge in [-0.3, -0.25) is 9.69 Å². The zero-order valence-corrected chi connectivity index (χ0v) is 17.6. The molecule has 0 radical (unpaired) electrons. The van der Waals surface area contributed by atoms with E-state index in [4.69, 9.17) is 11.6 Å². The predicted octanol–water partition coefficient (Wildman–Crippen LogP) is 3.73. The largest absolute Gasteiger partial charge is 0.346 e. The fourth-order valence-electron chi connectivity index (χ4n) is 4.37. The molecular weight excluding hydrogens is 400 g/mol. The smallest absolute Gasteiger partial charge is 0.222 e. The number of nitrogens with zero attached hydrogens (tertiary/aromatic N) is 4.